The number of carbonyl (C=O) groups excluding carboxylic acids is 1. The monoisotopic (exact) mass is 282 g/mol. The number of rotatable bonds is 8. The van der Waals surface area contributed by atoms with E-state index in [9.17, 15) is 4.79 Å². The van der Waals surface area contributed by atoms with Crippen molar-refractivity contribution in [3.63, 3.8) is 0 Å². The molecule has 0 aromatic carbocycles. The number of aliphatic hydroxyl groups excluding tert-OH is 1. The molecule has 0 spiro atoms. The summed E-state index contributed by atoms with van der Waals surface area (Å²) in [6.07, 6.45) is 11.4. The number of hydrogen-bond donors (Lipinski definition) is 2. The molecule has 0 radical (unpaired) electrons. The van der Waals surface area contributed by atoms with Gasteiger partial charge in [0.2, 0.25) is 5.91 Å². The molecule has 0 heterocycles. The Balaban J connectivity index is 1.66. The SMILES string of the molecule is O=C(CCN(CCCO)C1CCC1)NC1CCCCC1. The summed E-state index contributed by atoms with van der Waals surface area (Å²) < 4.78 is 0. The van der Waals surface area contributed by atoms with Gasteiger partial charge in [0.1, 0.15) is 0 Å². The molecule has 4 nitrogen and oxygen atoms in total. The topological polar surface area (TPSA) is 52.6 Å². The molecule has 2 aliphatic rings. The maximum atomic E-state index is 12.0. The molecule has 0 saturated heterocycles. The average molecular weight is 282 g/mol. The van der Waals surface area contributed by atoms with E-state index in [-0.39, 0.29) is 12.5 Å². The van der Waals surface area contributed by atoms with Crippen LogP contribution in [-0.2, 0) is 4.79 Å². The van der Waals surface area contributed by atoms with E-state index in [4.69, 9.17) is 5.11 Å². The normalized spacial score (nSPS) is 20.9. The van der Waals surface area contributed by atoms with Crippen LogP contribution in [0, 0.1) is 0 Å². The summed E-state index contributed by atoms with van der Waals surface area (Å²) in [6.45, 7) is 2.03. The van der Waals surface area contributed by atoms with Gasteiger partial charge in [-0.2, -0.15) is 0 Å². The molecule has 2 fully saturated rings. The highest BCUT2D eigenvalue weighted by Crippen LogP contribution is 2.25. The van der Waals surface area contributed by atoms with E-state index in [1.165, 1.54) is 38.5 Å². The van der Waals surface area contributed by atoms with Crippen LogP contribution in [-0.4, -0.2) is 47.7 Å². The van der Waals surface area contributed by atoms with Gasteiger partial charge in [0.25, 0.3) is 0 Å². The number of aliphatic hydroxyl groups is 1. The first-order valence-corrected chi connectivity index (χ1v) is 8.44. The third kappa shape index (κ3) is 5.06. The van der Waals surface area contributed by atoms with E-state index in [2.05, 4.69) is 10.2 Å². The molecule has 2 aliphatic carbocycles. The van der Waals surface area contributed by atoms with E-state index in [1.54, 1.807) is 0 Å². The molecular weight excluding hydrogens is 252 g/mol. The molecule has 2 N–H and O–H groups in total. The molecule has 4 heteroatoms. The molecule has 0 aromatic rings. The zero-order chi connectivity index (χ0) is 14.2. The maximum Gasteiger partial charge on any atom is 0.221 e. The first-order valence-electron chi connectivity index (χ1n) is 8.44. The van der Waals surface area contributed by atoms with Gasteiger partial charge in [-0.15, -0.1) is 0 Å². The molecule has 2 rings (SSSR count). The van der Waals surface area contributed by atoms with Crippen LogP contribution < -0.4 is 5.32 Å². The van der Waals surface area contributed by atoms with Gasteiger partial charge in [-0.1, -0.05) is 25.7 Å². The summed E-state index contributed by atoms with van der Waals surface area (Å²) in [7, 11) is 0. The molecule has 20 heavy (non-hydrogen) atoms. The predicted molar refractivity (Wildman–Crippen MR) is 80.5 cm³/mol. The number of hydrogen-bond acceptors (Lipinski definition) is 3. The Morgan fingerprint density at radius 1 is 1.05 bits per heavy atom. The third-order valence-corrected chi connectivity index (χ3v) is 4.79. The Morgan fingerprint density at radius 2 is 1.80 bits per heavy atom. The smallest absolute Gasteiger partial charge is 0.221 e. The van der Waals surface area contributed by atoms with Gasteiger partial charge < -0.3 is 10.4 Å². The lowest BCUT2D eigenvalue weighted by molar-refractivity contribution is -0.122. The highest BCUT2D eigenvalue weighted by atomic mass is 16.3. The predicted octanol–water partition coefficient (Wildman–Crippen LogP) is 2.06. The van der Waals surface area contributed by atoms with E-state index >= 15 is 0 Å². The van der Waals surface area contributed by atoms with E-state index in [0.29, 0.717) is 18.5 Å². The highest BCUT2D eigenvalue weighted by Gasteiger charge is 2.25. The van der Waals surface area contributed by atoms with Crippen LogP contribution in [0.2, 0.25) is 0 Å². The van der Waals surface area contributed by atoms with E-state index < -0.39 is 0 Å². The van der Waals surface area contributed by atoms with Crippen molar-refractivity contribution in [1.82, 2.24) is 10.2 Å². The van der Waals surface area contributed by atoms with Gasteiger partial charge in [-0.25, -0.2) is 0 Å². The minimum absolute atomic E-state index is 0.213. The Kier molecular flexibility index (Phi) is 6.80. The zero-order valence-corrected chi connectivity index (χ0v) is 12.6. The van der Waals surface area contributed by atoms with Crippen LogP contribution in [0.25, 0.3) is 0 Å². The molecule has 0 unspecified atom stereocenters. The third-order valence-electron chi connectivity index (χ3n) is 4.79. The van der Waals surface area contributed by atoms with Gasteiger partial charge in [0.05, 0.1) is 0 Å². The minimum atomic E-state index is 0.213. The molecule has 2 saturated carbocycles. The second-order valence-corrected chi connectivity index (χ2v) is 6.35. The van der Waals surface area contributed by atoms with Crippen LogP contribution in [0.4, 0.5) is 0 Å². The fourth-order valence-corrected chi connectivity index (χ4v) is 3.29. The lowest BCUT2D eigenvalue weighted by Crippen LogP contribution is -2.44. The van der Waals surface area contributed by atoms with Gasteiger partial charge in [0.15, 0.2) is 0 Å². The maximum absolute atomic E-state index is 12.0. The van der Waals surface area contributed by atoms with Crippen LogP contribution >= 0.6 is 0 Å². The van der Waals surface area contributed by atoms with E-state index in [1.807, 2.05) is 0 Å². The lowest BCUT2D eigenvalue weighted by Gasteiger charge is -2.37. The van der Waals surface area contributed by atoms with Crippen molar-refractivity contribution in [3.8, 4) is 0 Å². The summed E-state index contributed by atoms with van der Waals surface area (Å²) in [5.41, 5.74) is 0. The number of amides is 1. The van der Waals surface area contributed by atoms with Crippen LogP contribution in [0.1, 0.15) is 64.2 Å². The summed E-state index contributed by atoms with van der Waals surface area (Å²) in [5.74, 6) is 0.213. The van der Waals surface area contributed by atoms with Crippen molar-refractivity contribution in [2.45, 2.75) is 76.3 Å². The Bertz CT molecular complexity index is 286. The van der Waals surface area contributed by atoms with Crippen molar-refractivity contribution in [3.05, 3.63) is 0 Å². The quantitative estimate of drug-likeness (QED) is 0.716. The van der Waals surface area contributed by atoms with Gasteiger partial charge in [-0.3, -0.25) is 9.69 Å². The standard InChI is InChI=1S/C16H30N2O2/c19-13-5-11-18(15-8-4-9-15)12-10-16(20)17-14-6-2-1-3-7-14/h14-15,19H,1-13H2,(H,17,20). The zero-order valence-electron chi connectivity index (χ0n) is 12.6. The van der Waals surface area contributed by atoms with Crippen molar-refractivity contribution in [1.29, 1.82) is 0 Å². The molecule has 0 aromatic heterocycles. The summed E-state index contributed by atoms with van der Waals surface area (Å²) in [4.78, 5) is 14.4. The summed E-state index contributed by atoms with van der Waals surface area (Å²) in [5, 5.41) is 12.2. The van der Waals surface area contributed by atoms with Gasteiger partial charge in [0, 0.05) is 38.2 Å². The van der Waals surface area contributed by atoms with Crippen LogP contribution in [0.15, 0.2) is 0 Å². The fourth-order valence-electron chi connectivity index (χ4n) is 3.29. The van der Waals surface area contributed by atoms with Crippen LogP contribution in [0.5, 0.6) is 0 Å². The summed E-state index contributed by atoms with van der Waals surface area (Å²) >= 11 is 0. The number of nitrogens with zero attached hydrogens (tertiary/aromatic N) is 1. The molecule has 0 atom stereocenters. The Morgan fingerprint density at radius 3 is 2.40 bits per heavy atom. The number of carbonyl (C=O) groups is 1. The van der Waals surface area contributed by atoms with Gasteiger partial charge in [-0.05, 0) is 32.1 Å². The van der Waals surface area contributed by atoms with E-state index in [0.717, 1.165) is 32.4 Å². The molecular formula is C16H30N2O2. The van der Waals surface area contributed by atoms with Crippen molar-refractivity contribution in [2.75, 3.05) is 19.7 Å². The fraction of sp³-hybridized carbons (Fsp3) is 0.938. The second kappa shape index (κ2) is 8.63. The number of nitrogens with one attached hydrogen (secondary N) is 1. The van der Waals surface area contributed by atoms with Crippen molar-refractivity contribution < 1.29 is 9.90 Å². The first kappa shape index (κ1) is 15.8. The van der Waals surface area contributed by atoms with Crippen molar-refractivity contribution in [2.24, 2.45) is 0 Å². The lowest BCUT2D eigenvalue weighted by atomic mass is 9.91. The first-order chi connectivity index (χ1) is 9.79. The molecule has 1 amide bonds. The molecule has 0 aliphatic heterocycles. The Hall–Kier alpha value is -0.610. The highest BCUT2D eigenvalue weighted by molar-refractivity contribution is 5.76. The minimum Gasteiger partial charge on any atom is -0.396 e. The summed E-state index contributed by atoms with van der Waals surface area (Å²) in [6, 6.07) is 1.08. The second-order valence-electron chi connectivity index (χ2n) is 6.35. The molecule has 116 valence electrons. The Labute approximate surface area is 122 Å². The van der Waals surface area contributed by atoms with Crippen LogP contribution in [0.3, 0.4) is 0 Å². The van der Waals surface area contributed by atoms with Crippen molar-refractivity contribution >= 4 is 5.91 Å². The van der Waals surface area contributed by atoms with Gasteiger partial charge >= 0.3 is 0 Å². The molecule has 0 bridgehead atoms. The largest absolute Gasteiger partial charge is 0.396 e. The average Bonchev–Trinajstić information content (AvgIpc) is 2.41.